The zero-order valence-electron chi connectivity index (χ0n) is 12.3. The van der Waals surface area contributed by atoms with Crippen LogP contribution in [0.15, 0.2) is 0 Å². The Hall–Kier alpha value is -0.370. The predicted octanol–water partition coefficient (Wildman–Crippen LogP) is 4.26. The van der Waals surface area contributed by atoms with E-state index in [1.54, 1.807) is 0 Å². The van der Waals surface area contributed by atoms with Gasteiger partial charge in [0.15, 0.2) is 0 Å². The number of rotatable bonds is 2. The molecule has 2 nitrogen and oxygen atoms in total. The Bertz CT molecular complexity index is 330. The molecule has 2 saturated carbocycles. The van der Waals surface area contributed by atoms with Crippen molar-refractivity contribution < 1.29 is 9.53 Å². The van der Waals surface area contributed by atoms with Crippen molar-refractivity contribution >= 4 is 5.78 Å². The summed E-state index contributed by atoms with van der Waals surface area (Å²) >= 11 is 0. The van der Waals surface area contributed by atoms with Crippen molar-refractivity contribution in [2.45, 2.75) is 89.3 Å². The molecule has 0 N–H and O–H groups in total. The van der Waals surface area contributed by atoms with Crippen LogP contribution in [0.3, 0.4) is 0 Å². The van der Waals surface area contributed by atoms with Crippen molar-refractivity contribution in [1.29, 1.82) is 0 Å². The molecule has 2 aliphatic carbocycles. The molecule has 1 spiro atoms. The molecule has 0 aromatic carbocycles. The maximum atomic E-state index is 12.0. The van der Waals surface area contributed by atoms with E-state index in [-0.39, 0.29) is 5.60 Å². The van der Waals surface area contributed by atoms with Crippen LogP contribution in [-0.2, 0) is 9.53 Å². The van der Waals surface area contributed by atoms with Gasteiger partial charge >= 0.3 is 0 Å². The first kappa shape index (κ1) is 13.6. The lowest BCUT2D eigenvalue weighted by atomic mass is 9.78. The highest BCUT2D eigenvalue weighted by Gasteiger charge is 2.42. The first-order valence-electron chi connectivity index (χ1n) is 8.37. The zero-order chi connectivity index (χ0) is 13.3. The van der Waals surface area contributed by atoms with E-state index >= 15 is 0 Å². The number of hydrogen-bond acceptors (Lipinski definition) is 2. The fraction of sp³-hybridized carbons (Fsp3) is 0.941. The normalized spacial score (nSPS) is 38.8. The fourth-order valence-electron chi connectivity index (χ4n) is 4.50. The Morgan fingerprint density at radius 3 is 2.74 bits per heavy atom. The van der Waals surface area contributed by atoms with E-state index in [0.29, 0.717) is 17.8 Å². The average Bonchev–Trinajstić information content (AvgIpc) is 2.78. The highest BCUT2D eigenvalue weighted by Crippen LogP contribution is 2.44. The minimum atomic E-state index is 0.215. The van der Waals surface area contributed by atoms with E-state index in [2.05, 4.69) is 6.92 Å². The van der Waals surface area contributed by atoms with Crippen LogP contribution in [0.1, 0.15) is 77.6 Å². The molecule has 3 rings (SSSR count). The zero-order valence-corrected chi connectivity index (χ0v) is 12.3. The lowest BCUT2D eigenvalue weighted by Gasteiger charge is -2.34. The molecule has 3 unspecified atom stereocenters. The van der Waals surface area contributed by atoms with Gasteiger partial charge in [0, 0.05) is 12.3 Å². The van der Waals surface area contributed by atoms with Crippen LogP contribution in [0.4, 0.5) is 0 Å². The topological polar surface area (TPSA) is 26.3 Å². The number of carbonyl (C=O) groups is 1. The summed E-state index contributed by atoms with van der Waals surface area (Å²) in [6, 6.07) is 0. The number of hydrogen-bond donors (Lipinski definition) is 0. The minimum absolute atomic E-state index is 0.215. The van der Waals surface area contributed by atoms with Crippen molar-refractivity contribution in [1.82, 2.24) is 0 Å². The Morgan fingerprint density at radius 1 is 1.16 bits per heavy atom. The summed E-state index contributed by atoms with van der Waals surface area (Å²) in [5.41, 5.74) is 0.215. The molecule has 0 bridgehead atoms. The van der Waals surface area contributed by atoms with E-state index in [9.17, 15) is 4.79 Å². The first-order valence-corrected chi connectivity index (χ1v) is 8.37. The molecular formula is C17H28O2. The van der Waals surface area contributed by atoms with Crippen molar-refractivity contribution in [3.63, 3.8) is 0 Å². The van der Waals surface area contributed by atoms with E-state index < -0.39 is 0 Å². The fourth-order valence-corrected chi connectivity index (χ4v) is 4.50. The van der Waals surface area contributed by atoms with Gasteiger partial charge in [-0.05, 0) is 50.9 Å². The molecular weight excluding hydrogens is 236 g/mol. The van der Waals surface area contributed by atoms with E-state index in [1.165, 1.54) is 44.9 Å². The summed E-state index contributed by atoms with van der Waals surface area (Å²) < 4.78 is 6.42. The van der Waals surface area contributed by atoms with E-state index in [0.717, 1.165) is 31.6 Å². The Balaban J connectivity index is 1.55. The standard InChI is InChI=1S/C17H28O2/c1-13-5-6-16(18)14(11-13)12-15-7-10-17(19-15)8-3-2-4-9-17/h13-15H,2-12H2,1H3. The predicted molar refractivity (Wildman–Crippen MR) is 76.1 cm³/mol. The molecule has 3 fully saturated rings. The van der Waals surface area contributed by atoms with Gasteiger partial charge in [0.1, 0.15) is 5.78 Å². The Labute approximate surface area is 117 Å². The van der Waals surface area contributed by atoms with E-state index in [1.807, 2.05) is 0 Å². The molecule has 0 aromatic heterocycles. The quantitative estimate of drug-likeness (QED) is 0.744. The second-order valence-corrected chi connectivity index (χ2v) is 7.30. The third-order valence-electron chi connectivity index (χ3n) is 5.68. The highest BCUT2D eigenvalue weighted by molar-refractivity contribution is 5.81. The van der Waals surface area contributed by atoms with Crippen molar-refractivity contribution in [2.24, 2.45) is 11.8 Å². The number of ketones is 1. The van der Waals surface area contributed by atoms with Crippen molar-refractivity contribution in [3.8, 4) is 0 Å². The van der Waals surface area contributed by atoms with Crippen molar-refractivity contribution in [3.05, 3.63) is 0 Å². The van der Waals surface area contributed by atoms with Gasteiger partial charge in [0.05, 0.1) is 11.7 Å². The molecule has 1 saturated heterocycles. The molecule has 3 atom stereocenters. The summed E-state index contributed by atoms with van der Waals surface area (Å²) in [5.74, 6) is 1.53. The molecule has 3 aliphatic rings. The Morgan fingerprint density at radius 2 is 1.95 bits per heavy atom. The van der Waals surface area contributed by atoms with Crippen LogP contribution in [0.25, 0.3) is 0 Å². The van der Waals surface area contributed by atoms with Gasteiger partial charge in [-0.1, -0.05) is 26.2 Å². The largest absolute Gasteiger partial charge is 0.372 e. The van der Waals surface area contributed by atoms with Crippen LogP contribution in [-0.4, -0.2) is 17.5 Å². The molecule has 2 heteroatoms. The second kappa shape index (κ2) is 5.55. The molecule has 1 aliphatic heterocycles. The Kier molecular flexibility index (Phi) is 3.98. The van der Waals surface area contributed by atoms with Gasteiger partial charge in [-0.3, -0.25) is 4.79 Å². The molecule has 0 radical (unpaired) electrons. The maximum absolute atomic E-state index is 12.0. The highest BCUT2D eigenvalue weighted by atomic mass is 16.5. The molecule has 108 valence electrons. The molecule has 0 aromatic rings. The number of carbonyl (C=O) groups excluding carboxylic acids is 1. The monoisotopic (exact) mass is 264 g/mol. The van der Waals surface area contributed by atoms with E-state index in [4.69, 9.17) is 4.74 Å². The van der Waals surface area contributed by atoms with Crippen LogP contribution in [0.2, 0.25) is 0 Å². The summed E-state index contributed by atoms with van der Waals surface area (Å²) in [7, 11) is 0. The first-order chi connectivity index (χ1) is 9.17. The van der Waals surface area contributed by atoms with Gasteiger partial charge in [-0.2, -0.15) is 0 Å². The van der Waals surface area contributed by atoms with Gasteiger partial charge in [-0.15, -0.1) is 0 Å². The lowest BCUT2D eigenvalue weighted by molar-refractivity contribution is -0.128. The van der Waals surface area contributed by atoms with Gasteiger partial charge in [0.2, 0.25) is 0 Å². The maximum Gasteiger partial charge on any atom is 0.136 e. The molecule has 19 heavy (non-hydrogen) atoms. The van der Waals surface area contributed by atoms with Gasteiger partial charge in [0.25, 0.3) is 0 Å². The third-order valence-corrected chi connectivity index (χ3v) is 5.68. The van der Waals surface area contributed by atoms with Crippen LogP contribution >= 0.6 is 0 Å². The van der Waals surface area contributed by atoms with Crippen molar-refractivity contribution in [2.75, 3.05) is 0 Å². The van der Waals surface area contributed by atoms with Crippen LogP contribution in [0, 0.1) is 11.8 Å². The van der Waals surface area contributed by atoms with Crippen LogP contribution < -0.4 is 0 Å². The third kappa shape index (κ3) is 3.04. The number of Topliss-reactive ketones (excluding diaryl/α,β-unsaturated/α-hetero) is 1. The number of ether oxygens (including phenoxy) is 1. The summed E-state index contributed by atoms with van der Waals surface area (Å²) in [4.78, 5) is 12.0. The molecule has 0 amide bonds. The summed E-state index contributed by atoms with van der Waals surface area (Å²) in [5, 5.41) is 0. The SMILES string of the molecule is CC1CCC(=O)C(CC2CCC3(CCCCC3)O2)C1. The minimum Gasteiger partial charge on any atom is -0.372 e. The smallest absolute Gasteiger partial charge is 0.136 e. The van der Waals surface area contributed by atoms with Gasteiger partial charge in [-0.25, -0.2) is 0 Å². The lowest BCUT2D eigenvalue weighted by Crippen LogP contribution is -2.33. The second-order valence-electron chi connectivity index (χ2n) is 7.30. The molecule has 1 heterocycles. The van der Waals surface area contributed by atoms with Gasteiger partial charge < -0.3 is 4.74 Å². The summed E-state index contributed by atoms with van der Waals surface area (Å²) in [6.45, 7) is 2.29. The summed E-state index contributed by atoms with van der Waals surface area (Å²) in [6.07, 6.45) is 13.4. The van der Waals surface area contributed by atoms with Crippen LogP contribution in [0.5, 0.6) is 0 Å². The average molecular weight is 264 g/mol.